The second kappa shape index (κ2) is 7.13. The molecule has 0 fully saturated rings. The molecule has 1 aromatic rings. The number of unbranched alkanes of at least 4 members (excludes halogenated alkanes) is 2. The lowest BCUT2D eigenvalue weighted by Crippen LogP contribution is -2.22. The van der Waals surface area contributed by atoms with E-state index in [1.165, 1.54) is 0 Å². The molecule has 0 atom stereocenters. The number of nitrogens with one attached hydrogen (secondary N) is 1. The van der Waals surface area contributed by atoms with Crippen LogP contribution in [0.25, 0.3) is 0 Å². The first-order valence-electron chi connectivity index (χ1n) is 6.22. The number of nitrogens with zero attached hydrogens (tertiary/aromatic N) is 1. The van der Waals surface area contributed by atoms with Gasteiger partial charge in [0.05, 0.1) is 11.9 Å². The molecule has 0 saturated carbocycles. The van der Waals surface area contributed by atoms with Gasteiger partial charge in [0.2, 0.25) is 10.0 Å². The molecule has 1 rings (SSSR count). The highest BCUT2D eigenvalue weighted by atomic mass is 32.2. The third kappa shape index (κ3) is 5.74. The molecule has 0 aromatic heterocycles. The molecule has 0 amide bonds. The van der Waals surface area contributed by atoms with Crippen molar-refractivity contribution in [3.8, 4) is 0 Å². The lowest BCUT2D eigenvalue weighted by Gasteiger charge is -2.16. The average molecular weight is 283 g/mol. The van der Waals surface area contributed by atoms with Crippen LogP contribution in [-0.4, -0.2) is 27.1 Å². The molecule has 0 aliphatic carbocycles. The number of aliphatic imine (C=N–C) groups is 1. The van der Waals surface area contributed by atoms with Gasteiger partial charge in [-0.3, -0.25) is 4.72 Å². The fourth-order valence-corrected chi connectivity index (χ4v) is 2.16. The minimum atomic E-state index is -3.41. The maximum atomic E-state index is 11.9. The van der Waals surface area contributed by atoms with Gasteiger partial charge in [-0.1, -0.05) is 38.0 Å². The van der Waals surface area contributed by atoms with E-state index in [2.05, 4.69) is 16.6 Å². The number of para-hydroxylation sites is 1. The predicted molar refractivity (Wildman–Crippen MR) is 75.8 cm³/mol. The van der Waals surface area contributed by atoms with Gasteiger partial charge >= 0.3 is 0 Å². The van der Waals surface area contributed by atoms with Crippen molar-refractivity contribution < 1.29 is 13.5 Å². The third-order valence-corrected chi connectivity index (χ3v) is 3.06. The summed E-state index contributed by atoms with van der Waals surface area (Å²) in [7, 11) is -3.41. The molecular weight excluding hydrogens is 264 g/mol. The predicted octanol–water partition coefficient (Wildman–Crippen LogP) is 1.36. The van der Waals surface area contributed by atoms with Gasteiger partial charge in [-0.2, -0.15) is 0 Å². The molecule has 0 radical (unpaired) electrons. The molecule has 0 aliphatic rings. The van der Waals surface area contributed by atoms with Gasteiger partial charge in [0, 0.05) is 12.1 Å². The molecule has 1 N–H and O–H groups in total. The topological polar surface area (TPSA) is 81.6 Å². The Balaban J connectivity index is 2.87. The summed E-state index contributed by atoms with van der Waals surface area (Å²) in [6.07, 6.45) is 4.01. The molecule has 0 spiro atoms. The summed E-state index contributed by atoms with van der Waals surface area (Å²) in [4.78, 5) is 3.95. The highest BCUT2D eigenvalue weighted by molar-refractivity contribution is 7.92. The molecule has 0 heterocycles. The van der Waals surface area contributed by atoms with Crippen molar-refractivity contribution in [1.29, 1.82) is 0 Å². The molecule has 6 heteroatoms. The summed E-state index contributed by atoms with van der Waals surface area (Å²) in [5.74, 6) is -0.386. The van der Waals surface area contributed by atoms with Crippen molar-refractivity contribution in [3.05, 3.63) is 29.8 Å². The number of anilines is 1. The summed E-state index contributed by atoms with van der Waals surface area (Å²) < 4.78 is 24.8. The van der Waals surface area contributed by atoms with E-state index >= 15 is 0 Å². The largest absolute Gasteiger partial charge is 0.858 e. The van der Waals surface area contributed by atoms with Crippen molar-refractivity contribution in [2.75, 3.05) is 17.5 Å². The quantitative estimate of drug-likeness (QED) is 0.466. The van der Waals surface area contributed by atoms with Gasteiger partial charge in [-0.15, -0.1) is 0 Å². The van der Waals surface area contributed by atoms with E-state index in [1.54, 1.807) is 24.3 Å². The number of hydrogen-bond acceptors (Lipinski definition) is 4. The minimum Gasteiger partial charge on any atom is -0.858 e. The molecule has 0 unspecified atom stereocenters. The first-order chi connectivity index (χ1) is 8.94. The highest BCUT2D eigenvalue weighted by Gasteiger charge is 2.06. The monoisotopic (exact) mass is 283 g/mol. The van der Waals surface area contributed by atoms with Gasteiger partial charge in [-0.05, 0) is 18.4 Å². The van der Waals surface area contributed by atoms with Crippen LogP contribution < -0.4 is 9.83 Å². The van der Waals surface area contributed by atoms with Crippen LogP contribution in [0.4, 0.5) is 5.69 Å². The summed E-state index contributed by atoms with van der Waals surface area (Å²) in [6.45, 7) is 2.55. The van der Waals surface area contributed by atoms with Crippen molar-refractivity contribution in [3.63, 3.8) is 0 Å². The van der Waals surface area contributed by atoms with Crippen LogP contribution in [0.1, 0.15) is 31.7 Å². The van der Waals surface area contributed by atoms with E-state index in [0.717, 1.165) is 25.5 Å². The van der Waals surface area contributed by atoms with E-state index in [0.29, 0.717) is 6.54 Å². The summed E-state index contributed by atoms with van der Waals surface area (Å²) in [6, 6.07) is 6.47. The summed E-state index contributed by atoms with van der Waals surface area (Å²) in [5, 5.41) is 11.9. The van der Waals surface area contributed by atoms with Crippen LogP contribution in [0.15, 0.2) is 29.3 Å². The molecule has 0 bridgehead atoms. The van der Waals surface area contributed by atoms with Crippen LogP contribution in [0.3, 0.4) is 0 Å². The van der Waals surface area contributed by atoms with Crippen molar-refractivity contribution >= 4 is 21.6 Å². The second-order valence-electron chi connectivity index (χ2n) is 4.31. The Bertz CT molecular complexity index is 539. The number of hydrogen-bond donors (Lipinski definition) is 1. The Labute approximate surface area is 114 Å². The first-order valence-corrected chi connectivity index (χ1v) is 8.12. The lowest BCUT2D eigenvalue weighted by molar-refractivity contribution is -0.213. The van der Waals surface area contributed by atoms with Crippen LogP contribution in [-0.2, 0) is 10.0 Å². The molecule has 5 nitrogen and oxygen atoms in total. The van der Waals surface area contributed by atoms with Gasteiger partial charge in [0.25, 0.3) is 0 Å². The van der Waals surface area contributed by atoms with Crippen LogP contribution >= 0.6 is 0 Å². The Morgan fingerprint density at radius 3 is 2.63 bits per heavy atom. The van der Waals surface area contributed by atoms with E-state index in [4.69, 9.17) is 0 Å². The molecule has 0 saturated heterocycles. The second-order valence-corrected chi connectivity index (χ2v) is 6.06. The first kappa shape index (κ1) is 15.5. The minimum absolute atomic E-state index is 0.272. The highest BCUT2D eigenvalue weighted by Crippen LogP contribution is 2.15. The Kier molecular flexibility index (Phi) is 5.82. The van der Waals surface area contributed by atoms with Gasteiger partial charge in [0.15, 0.2) is 0 Å². The van der Waals surface area contributed by atoms with Crippen molar-refractivity contribution in [1.82, 2.24) is 0 Å². The summed E-state index contributed by atoms with van der Waals surface area (Å²) in [5.41, 5.74) is 0.554. The van der Waals surface area contributed by atoms with E-state index < -0.39 is 10.0 Å². The van der Waals surface area contributed by atoms with Crippen molar-refractivity contribution in [2.24, 2.45) is 4.99 Å². The Morgan fingerprint density at radius 1 is 1.32 bits per heavy atom. The van der Waals surface area contributed by atoms with E-state index in [-0.39, 0.29) is 17.1 Å². The Morgan fingerprint density at radius 2 is 2.00 bits per heavy atom. The number of sulfonamides is 1. The maximum absolute atomic E-state index is 11.9. The fourth-order valence-electron chi connectivity index (χ4n) is 1.59. The molecule has 106 valence electrons. The van der Waals surface area contributed by atoms with E-state index in [9.17, 15) is 13.5 Å². The lowest BCUT2D eigenvalue weighted by atomic mass is 10.2. The number of benzene rings is 1. The SMILES string of the molecule is CCCCCN=C([O-])c1ccccc1NS(C)(=O)=O. The van der Waals surface area contributed by atoms with Gasteiger partial charge in [0.1, 0.15) is 0 Å². The molecular formula is C13H19N2O3S-. The number of rotatable bonds is 7. The smallest absolute Gasteiger partial charge is 0.229 e. The third-order valence-electron chi connectivity index (χ3n) is 2.47. The van der Waals surface area contributed by atoms with Crippen LogP contribution in [0.5, 0.6) is 0 Å². The molecule has 0 aliphatic heterocycles. The maximum Gasteiger partial charge on any atom is 0.229 e. The zero-order chi connectivity index (χ0) is 14.3. The molecule has 19 heavy (non-hydrogen) atoms. The standard InChI is InChI=1S/C13H20N2O3S/c1-3-4-7-10-14-13(16)11-8-5-6-9-12(11)15-19(2,17)18/h5-6,8-9,15H,3-4,7,10H2,1-2H3,(H,14,16)/p-1. The summed E-state index contributed by atoms with van der Waals surface area (Å²) >= 11 is 0. The zero-order valence-electron chi connectivity index (χ0n) is 11.2. The van der Waals surface area contributed by atoms with Gasteiger partial charge in [-0.25, -0.2) is 8.42 Å². The average Bonchev–Trinajstić information content (AvgIpc) is 2.33. The van der Waals surface area contributed by atoms with Crippen LogP contribution in [0.2, 0.25) is 0 Å². The Hall–Kier alpha value is -1.56. The van der Waals surface area contributed by atoms with E-state index in [1.807, 2.05) is 0 Å². The fraction of sp³-hybridized carbons (Fsp3) is 0.462. The zero-order valence-corrected chi connectivity index (χ0v) is 12.0. The molecule has 1 aromatic carbocycles. The van der Waals surface area contributed by atoms with Crippen LogP contribution in [0, 0.1) is 0 Å². The normalized spacial score (nSPS) is 12.4. The van der Waals surface area contributed by atoms with Gasteiger partial charge < -0.3 is 10.1 Å². The van der Waals surface area contributed by atoms with Crippen molar-refractivity contribution in [2.45, 2.75) is 26.2 Å².